The van der Waals surface area contributed by atoms with Gasteiger partial charge in [0.2, 0.25) is 0 Å². The van der Waals surface area contributed by atoms with E-state index in [1.807, 2.05) is 27.7 Å². The van der Waals surface area contributed by atoms with Gasteiger partial charge >= 0.3 is 0 Å². The number of aryl methyl sites for hydroxylation is 2. The number of nitrogens with zero attached hydrogens (tertiary/aromatic N) is 3. The van der Waals surface area contributed by atoms with Gasteiger partial charge in [-0.25, -0.2) is 0 Å². The van der Waals surface area contributed by atoms with E-state index in [0.29, 0.717) is 0 Å². The Morgan fingerprint density at radius 1 is 1.09 bits per heavy atom. The minimum absolute atomic E-state index is 0.962. The van der Waals surface area contributed by atoms with Crippen LogP contribution in [0.15, 0.2) is 0 Å². The summed E-state index contributed by atoms with van der Waals surface area (Å²) in [5.41, 5.74) is 4.71. The monoisotopic (exact) mass is 156 g/mol. The molecule has 64 valence electrons. The minimum atomic E-state index is 0.962. The molecule has 1 rings (SSSR count). The van der Waals surface area contributed by atoms with Crippen molar-refractivity contribution in [2.75, 3.05) is 12.5 Å². The molecule has 1 N–H and O–H groups in total. The van der Waals surface area contributed by atoms with Gasteiger partial charge in [0, 0.05) is 7.05 Å². The highest BCUT2D eigenvalue weighted by Gasteiger charge is 1.97. The molecule has 1 aromatic rings. The Bertz CT molecular complexity index is 185. The molecular weight excluding hydrogens is 140 g/mol. The fraction of sp³-hybridized carbons (Fsp3) is 0.714. The molecule has 0 radical (unpaired) electrons. The summed E-state index contributed by atoms with van der Waals surface area (Å²) in [4.78, 5) is 1.45. The van der Waals surface area contributed by atoms with Crippen LogP contribution in [0.2, 0.25) is 0 Å². The van der Waals surface area contributed by atoms with Gasteiger partial charge in [-0.05, 0) is 13.8 Å². The van der Waals surface area contributed by atoms with Crippen LogP contribution in [-0.2, 0) is 0 Å². The predicted octanol–water partition coefficient (Wildman–Crippen LogP) is 1.09. The summed E-state index contributed by atoms with van der Waals surface area (Å²) < 4.78 is 0. The van der Waals surface area contributed by atoms with Crippen molar-refractivity contribution < 1.29 is 0 Å². The van der Waals surface area contributed by atoms with Crippen molar-refractivity contribution in [1.82, 2.24) is 15.1 Å². The van der Waals surface area contributed by atoms with E-state index < -0.39 is 0 Å². The summed E-state index contributed by atoms with van der Waals surface area (Å²) in [5, 5.41) is 8.05. The molecule has 0 bridgehead atoms. The third-order valence-electron chi connectivity index (χ3n) is 1.21. The molecule has 0 saturated heterocycles. The number of aromatic nitrogens is 3. The molecule has 0 amide bonds. The van der Waals surface area contributed by atoms with Gasteiger partial charge < -0.3 is 0 Å². The van der Waals surface area contributed by atoms with Crippen molar-refractivity contribution in [3.63, 3.8) is 0 Å². The maximum Gasteiger partial charge on any atom is 0.0847 e. The predicted molar refractivity (Wildman–Crippen MR) is 46.1 cm³/mol. The summed E-state index contributed by atoms with van der Waals surface area (Å²) in [7, 11) is 1.78. The maximum atomic E-state index is 4.02. The molecule has 1 heterocycles. The van der Waals surface area contributed by atoms with Crippen LogP contribution in [0.5, 0.6) is 0 Å². The Kier molecular flexibility index (Phi) is 4.26. The molecule has 0 fully saturated rings. The zero-order valence-electron chi connectivity index (χ0n) is 7.84. The van der Waals surface area contributed by atoms with Crippen molar-refractivity contribution >= 4 is 0 Å². The fourth-order valence-corrected chi connectivity index (χ4v) is 0.551. The van der Waals surface area contributed by atoms with Crippen molar-refractivity contribution in [1.29, 1.82) is 0 Å². The van der Waals surface area contributed by atoms with Crippen LogP contribution in [0, 0.1) is 13.8 Å². The Hall–Kier alpha value is -1.06. The van der Waals surface area contributed by atoms with Crippen molar-refractivity contribution in [2.45, 2.75) is 27.7 Å². The zero-order chi connectivity index (χ0) is 8.85. The van der Waals surface area contributed by atoms with Gasteiger partial charge in [-0.1, -0.05) is 18.8 Å². The molecule has 0 unspecified atom stereocenters. The standard InChI is InChI=1S/C5H10N4.C2H6/c1-4-5(2)8-9(6-3)7-4;1-2/h6H,1-3H3;1-2H3. The molecule has 0 saturated carbocycles. The fourth-order valence-electron chi connectivity index (χ4n) is 0.551. The lowest BCUT2D eigenvalue weighted by molar-refractivity contribution is 0.661. The molecule has 0 aliphatic carbocycles. The lowest BCUT2D eigenvalue weighted by atomic mass is 10.4. The Labute approximate surface area is 67.6 Å². The summed E-state index contributed by atoms with van der Waals surface area (Å²) >= 11 is 0. The van der Waals surface area contributed by atoms with E-state index >= 15 is 0 Å². The molecule has 4 heteroatoms. The quantitative estimate of drug-likeness (QED) is 0.662. The number of nitrogens with one attached hydrogen (secondary N) is 1. The van der Waals surface area contributed by atoms with E-state index in [1.54, 1.807) is 7.05 Å². The average Bonchev–Trinajstić information content (AvgIpc) is 2.36. The van der Waals surface area contributed by atoms with Crippen LogP contribution in [-0.4, -0.2) is 22.2 Å². The second-order valence-electron chi connectivity index (χ2n) is 1.88. The second kappa shape index (κ2) is 4.71. The summed E-state index contributed by atoms with van der Waals surface area (Å²) in [6.45, 7) is 7.85. The Morgan fingerprint density at radius 3 is 1.64 bits per heavy atom. The number of rotatable bonds is 1. The lowest BCUT2D eigenvalue weighted by Crippen LogP contribution is -2.12. The van der Waals surface area contributed by atoms with Gasteiger partial charge in [0.1, 0.15) is 0 Å². The van der Waals surface area contributed by atoms with Crippen LogP contribution in [0.25, 0.3) is 0 Å². The first-order chi connectivity index (χ1) is 5.24. The van der Waals surface area contributed by atoms with Crippen LogP contribution in [0.4, 0.5) is 0 Å². The SMILES string of the molecule is CC.CNn1nc(C)c(C)n1. The molecule has 0 aliphatic heterocycles. The third kappa shape index (κ3) is 2.57. The molecule has 0 atom stereocenters. The van der Waals surface area contributed by atoms with Gasteiger partial charge in [-0.3, -0.25) is 5.43 Å². The first kappa shape index (κ1) is 9.94. The minimum Gasteiger partial charge on any atom is -0.296 e. The molecule has 11 heavy (non-hydrogen) atoms. The average molecular weight is 156 g/mol. The summed E-state index contributed by atoms with van der Waals surface area (Å²) in [6, 6.07) is 0. The first-order valence-corrected chi connectivity index (χ1v) is 3.82. The normalized spacial score (nSPS) is 8.45. The topological polar surface area (TPSA) is 42.7 Å². The van der Waals surface area contributed by atoms with Crippen molar-refractivity contribution in [2.24, 2.45) is 0 Å². The van der Waals surface area contributed by atoms with E-state index in [9.17, 15) is 0 Å². The van der Waals surface area contributed by atoms with E-state index in [-0.39, 0.29) is 0 Å². The molecule has 4 nitrogen and oxygen atoms in total. The van der Waals surface area contributed by atoms with Crippen molar-refractivity contribution in [3.05, 3.63) is 11.4 Å². The number of hydrogen-bond donors (Lipinski definition) is 1. The van der Waals surface area contributed by atoms with Gasteiger partial charge in [0.05, 0.1) is 11.4 Å². The summed E-state index contributed by atoms with van der Waals surface area (Å²) in [6.07, 6.45) is 0. The van der Waals surface area contributed by atoms with Gasteiger partial charge in [0.15, 0.2) is 0 Å². The van der Waals surface area contributed by atoms with Crippen molar-refractivity contribution in [3.8, 4) is 0 Å². The Morgan fingerprint density at radius 2 is 1.45 bits per heavy atom. The highest BCUT2D eigenvalue weighted by atomic mass is 15.7. The first-order valence-electron chi connectivity index (χ1n) is 3.82. The van der Waals surface area contributed by atoms with E-state index in [2.05, 4.69) is 15.6 Å². The number of hydrogen-bond acceptors (Lipinski definition) is 3. The maximum absolute atomic E-state index is 4.02. The van der Waals surface area contributed by atoms with Gasteiger partial charge in [-0.15, -0.1) is 10.2 Å². The molecular formula is C7H16N4. The third-order valence-corrected chi connectivity index (χ3v) is 1.21. The lowest BCUT2D eigenvalue weighted by Gasteiger charge is -1.91. The van der Waals surface area contributed by atoms with Crippen LogP contribution in [0.1, 0.15) is 25.2 Å². The van der Waals surface area contributed by atoms with Gasteiger partial charge in [0.25, 0.3) is 0 Å². The molecule has 0 aliphatic rings. The molecule has 1 aromatic heterocycles. The second-order valence-corrected chi connectivity index (χ2v) is 1.88. The van der Waals surface area contributed by atoms with Crippen LogP contribution in [0.3, 0.4) is 0 Å². The highest BCUT2D eigenvalue weighted by molar-refractivity contribution is 5.02. The van der Waals surface area contributed by atoms with Crippen LogP contribution >= 0.6 is 0 Å². The van der Waals surface area contributed by atoms with Crippen LogP contribution < -0.4 is 5.43 Å². The largest absolute Gasteiger partial charge is 0.296 e. The smallest absolute Gasteiger partial charge is 0.0847 e. The van der Waals surface area contributed by atoms with E-state index in [1.165, 1.54) is 4.91 Å². The molecule has 0 spiro atoms. The van der Waals surface area contributed by atoms with Gasteiger partial charge in [-0.2, -0.15) is 0 Å². The highest BCUT2D eigenvalue weighted by Crippen LogP contribution is 1.94. The molecule has 0 aromatic carbocycles. The van der Waals surface area contributed by atoms with E-state index in [4.69, 9.17) is 0 Å². The Balaban J connectivity index is 0.000000461. The van der Waals surface area contributed by atoms with E-state index in [0.717, 1.165) is 11.4 Å². The summed E-state index contributed by atoms with van der Waals surface area (Å²) in [5.74, 6) is 0. The zero-order valence-corrected chi connectivity index (χ0v) is 7.84.